The molecule has 3 heteroatoms. The Hall–Kier alpha value is -0.120. The number of aliphatic hydroxyl groups excluding tert-OH is 3. The van der Waals surface area contributed by atoms with Crippen LogP contribution in [-0.4, -0.2) is 34.1 Å². The van der Waals surface area contributed by atoms with Crippen LogP contribution in [0, 0.1) is 6.42 Å². The molecule has 0 amide bonds. The molecule has 9 heavy (non-hydrogen) atoms. The van der Waals surface area contributed by atoms with Gasteiger partial charge in [0, 0.05) is 6.61 Å². The van der Waals surface area contributed by atoms with E-state index in [1.54, 1.807) is 0 Å². The zero-order valence-corrected chi connectivity index (χ0v) is 5.49. The Morgan fingerprint density at radius 3 is 2.33 bits per heavy atom. The maximum atomic E-state index is 8.87. The van der Waals surface area contributed by atoms with Gasteiger partial charge in [-0.25, -0.2) is 0 Å². The van der Waals surface area contributed by atoms with Crippen molar-refractivity contribution in [1.29, 1.82) is 0 Å². The first kappa shape index (κ1) is 8.88. The summed E-state index contributed by atoms with van der Waals surface area (Å²) < 4.78 is 0. The molecule has 3 nitrogen and oxygen atoms in total. The average Bonchev–Trinajstić information content (AvgIpc) is 1.82. The van der Waals surface area contributed by atoms with Gasteiger partial charge in [0.05, 0.1) is 12.2 Å². The van der Waals surface area contributed by atoms with E-state index in [2.05, 4.69) is 0 Å². The van der Waals surface area contributed by atoms with Crippen LogP contribution in [-0.2, 0) is 0 Å². The van der Waals surface area contributed by atoms with E-state index in [-0.39, 0.29) is 6.61 Å². The number of hydrogen-bond acceptors (Lipinski definition) is 3. The lowest BCUT2D eigenvalue weighted by Gasteiger charge is -2.11. The summed E-state index contributed by atoms with van der Waals surface area (Å²) in [5.41, 5.74) is 0. The van der Waals surface area contributed by atoms with Gasteiger partial charge in [0.1, 0.15) is 0 Å². The molecule has 3 N–H and O–H groups in total. The van der Waals surface area contributed by atoms with Crippen LogP contribution in [0.1, 0.15) is 13.3 Å². The van der Waals surface area contributed by atoms with Gasteiger partial charge in [-0.3, -0.25) is 0 Å². The van der Waals surface area contributed by atoms with Crippen LogP contribution < -0.4 is 0 Å². The average molecular weight is 133 g/mol. The van der Waals surface area contributed by atoms with E-state index in [4.69, 9.17) is 15.3 Å². The topological polar surface area (TPSA) is 60.7 Å². The Bertz CT molecular complexity index is 63.3. The molecule has 2 atom stereocenters. The Morgan fingerprint density at radius 2 is 2.00 bits per heavy atom. The molecule has 0 aromatic rings. The van der Waals surface area contributed by atoms with Crippen molar-refractivity contribution < 1.29 is 15.3 Å². The smallest absolute Gasteiger partial charge is 0.0800 e. The van der Waals surface area contributed by atoms with Crippen molar-refractivity contribution in [2.45, 2.75) is 25.6 Å². The molecule has 2 unspecified atom stereocenters. The molecule has 0 fully saturated rings. The minimum Gasteiger partial charge on any atom is -0.396 e. The zero-order valence-electron chi connectivity index (χ0n) is 5.49. The molecule has 0 bridgehead atoms. The Morgan fingerprint density at radius 1 is 1.44 bits per heavy atom. The van der Waals surface area contributed by atoms with E-state index in [0.29, 0.717) is 6.42 Å². The largest absolute Gasteiger partial charge is 0.396 e. The highest BCUT2D eigenvalue weighted by atomic mass is 16.3. The maximum Gasteiger partial charge on any atom is 0.0800 e. The Kier molecular flexibility index (Phi) is 4.67. The van der Waals surface area contributed by atoms with Crippen LogP contribution >= 0.6 is 0 Å². The van der Waals surface area contributed by atoms with Crippen LogP contribution in [0.5, 0.6) is 0 Å². The minimum atomic E-state index is -0.739. The summed E-state index contributed by atoms with van der Waals surface area (Å²) in [6, 6.07) is 0. The van der Waals surface area contributed by atoms with Gasteiger partial charge in [-0.15, -0.1) is 0 Å². The van der Waals surface area contributed by atoms with Gasteiger partial charge in [0.15, 0.2) is 0 Å². The molecule has 0 saturated carbocycles. The third-order valence-electron chi connectivity index (χ3n) is 1.09. The highest BCUT2D eigenvalue weighted by Gasteiger charge is 2.08. The van der Waals surface area contributed by atoms with Gasteiger partial charge < -0.3 is 15.3 Å². The van der Waals surface area contributed by atoms with Crippen LogP contribution in [0.4, 0.5) is 0 Å². The molecule has 0 aromatic heterocycles. The van der Waals surface area contributed by atoms with E-state index in [9.17, 15) is 0 Å². The van der Waals surface area contributed by atoms with Crippen molar-refractivity contribution >= 4 is 0 Å². The summed E-state index contributed by atoms with van der Waals surface area (Å²) in [6.07, 6.45) is 0.399. The van der Waals surface area contributed by atoms with Crippen LogP contribution in [0.15, 0.2) is 0 Å². The SMILES string of the molecule is CC(O)C(O)C[CH]CO. The molecule has 0 aliphatic rings. The third-order valence-corrected chi connectivity index (χ3v) is 1.09. The highest BCUT2D eigenvalue weighted by molar-refractivity contribution is 4.71. The monoisotopic (exact) mass is 133 g/mol. The van der Waals surface area contributed by atoms with Gasteiger partial charge in [0.2, 0.25) is 0 Å². The van der Waals surface area contributed by atoms with Crippen molar-refractivity contribution in [2.75, 3.05) is 6.61 Å². The molecular weight excluding hydrogens is 120 g/mol. The van der Waals surface area contributed by atoms with Crippen LogP contribution in [0.3, 0.4) is 0 Å². The van der Waals surface area contributed by atoms with Gasteiger partial charge in [0.25, 0.3) is 0 Å². The summed E-state index contributed by atoms with van der Waals surface area (Å²) in [4.78, 5) is 0. The fraction of sp³-hybridized carbons (Fsp3) is 0.833. The molecule has 0 rings (SSSR count). The summed E-state index contributed by atoms with van der Waals surface area (Å²) >= 11 is 0. The number of hydrogen-bond donors (Lipinski definition) is 3. The first-order valence-corrected chi connectivity index (χ1v) is 2.97. The quantitative estimate of drug-likeness (QED) is 0.476. The zero-order chi connectivity index (χ0) is 7.28. The van der Waals surface area contributed by atoms with E-state index in [1.165, 1.54) is 13.3 Å². The van der Waals surface area contributed by atoms with Crippen molar-refractivity contribution in [1.82, 2.24) is 0 Å². The second kappa shape index (κ2) is 4.73. The summed E-state index contributed by atoms with van der Waals surface area (Å²) in [6.45, 7) is 1.46. The lowest BCUT2D eigenvalue weighted by atomic mass is 10.1. The summed E-state index contributed by atoms with van der Waals surface area (Å²) in [5, 5.41) is 25.8. The van der Waals surface area contributed by atoms with Crippen LogP contribution in [0.2, 0.25) is 0 Å². The van der Waals surface area contributed by atoms with Gasteiger partial charge in [-0.1, -0.05) is 0 Å². The molecular formula is C6H13O3. The van der Waals surface area contributed by atoms with Gasteiger partial charge in [-0.05, 0) is 19.8 Å². The molecule has 0 heterocycles. The van der Waals surface area contributed by atoms with E-state index < -0.39 is 12.2 Å². The van der Waals surface area contributed by atoms with Crippen molar-refractivity contribution in [3.8, 4) is 0 Å². The molecule has 0 aliphatic carbocycles. The number of aliphatic hydroxyl groups is 3. The Labute approximate surface area is 54.9 Å². The first-order chi connectivity index (χ1) is 4.18. The van der Waals surface area contributed by atoms with Gasteiger partial charge in [-0.2, -0.15) is 0 Å². The molecule has 0 aliphatic heterocycles. The third kappa shape index (κ3) is 4.39. The van der Waals surface area contributed by atoms with Crippen LogP contribution in [0.25, 0.3) is 0 Å². The van der Waals surface area contributed by atoms with E-state index in [1.807, 2.05) is 0 Å². The Balaban J connectivity index is 3.16. The van der Waals surface area contributed by atoms with Crippen molar-refractivity contribution in [3.63, 3.8) is 0 Å². The molecule has 55 valence electrons. The predicted molar refractivity (Wildman–Crippen MR) is 33.7 cm³/mol. The van der Waals surface area contributed by atoms with E-state index in [0.717, 1.165) is 0 Å². The van der Waals surface area contributed by atoms with Gasteiger partial charge >= 0.3 is 0 Å². The van der Waals surface area contributed by atoms with Crippen molar-refractivity contribution in [3.05, 3.63) is 6.42 Å². The summed E-state index contributed by atoms with van der Waals surface area (Å²) in [5.74, 6) is 0. The standard InChI is InChI=1S/C6H13O3/c1-5(8)6(9)3-2-4-7/h2,5-9H,3-4H2,1H3. The second-order valence-corrected chi connectivity index (χ2v) is 2.01. The second-order valence-electron chi connectivity index (χ2n) is 2.01. The lowest BCUT2D eigenvalue weighted by molar-refractivity contribution is 0.0298. The molecule has 0 saturated heterocycles. The highest BCUT2D eigenvalue weighted by Crippen LogP contribution is 1.99. The fourth-order valence-corrected chi connectivity index (χ4v) is 0.442. The normalized spacial score (nSPS) is 17.3. The summed E-state index contributed by atoms with van der Waals surface area (Å²) in [7, 11) is 0. The molecule has 1 radical (unpaired) electrons. The van der Waals surface area contributed by atoms with Crippen molar-refractivity contribution in [2.24, 2.45) is 0 Å². The minimum absolute atomic E-state index is 0.0518. The van der Waals surface area contributed by atoms with E-state index >= 15 is 0 Å². The first-order valence-electron chi connectivity index (χ1n) is 2.97. The fourth-order valence-electron chi connectivity index (χ4n) is 0.442. The predicted octanol–water partition coefficient (Wildman–Crippen LogP) is -0.685. The maximum absolute atomic E-state index is 8.87. The molecule has 0 spiro atoms. The molecule has 0 aromatic carbocycles. The lowest BCUT2D eigenvalue weighted by Crippen LogP contribution is -2.22. The number of rotatable bonds is 4.